The van der Waals surface area contributed by atoms with Crippen LogP contribution in [0, 0.1) is 0 Å². The topological polar surface area (TPSA) is 49.9 Å². The van der Waals surface area contributed by atoms with Crippen molar-refractivity contribution in [1.29, 1.82) is 0 Å². The number of hydrogen-bond donors (Lipinski definition) is 0. The number of alkyl halides is 1. The van der Waals surface area contributed by atoms with Gasteiger partial charge in [-0.05, 0) is 6.42 Å². The van der Waals surface area contributed by atoms with Gasteiger partial charge in [0.25, 0.3) is 0 Å². The summed E-state index contributed by atoms with van der Waals surface area (Å²) in [5.41, 5.74) is 0. The zero-order valence-electron chi connectivity index (χ0n) is 9.73. The van der Waals surface area contributed by atoms with Crippen molar-refractivity contribution >= 4 is 27.7 Å². The summed E-state index contributed by atoms with van der Waals surface area (Å²) in [5.74, 6) is 0.235. The third-order valence-corrected chi connectivity index (χ3v) is 4.04. The second-order valence-electron chi connectivity index (χ2n) is 4.32. The lowest BCUT2D eigenvalue weighted by Gasteiger charge is -2.27. The van der Waals surface area contributed by atoms with Crippen molar-refractivity contribution in [3.8, 4) is 0 Å². The number of carbonyl (C=O) groups is 2. The van der Waals surface area contributed by atoms with Crippen molar-refractivity contribution in [2.45, 2.75) is 17.7 Å². The van der Waals surface area contributed by atoms with Crippen molar-refractivity contribution in [1.82, 2.24) is 9.80 Å². The van der Waals surface area contributed by atoms with Crippen LogP contribution in [0.4, 0.5) is 0 Å². The Hall–Kier alpha value is -0.620. The summed E-state index contributed by atoms with van der Waals surface area (Å²) in [5, 5.41) is 0. The van der Waals surface area contributed by atoms with Crippen LogP contribution in [0.25, 0.3) is 0 Å². The van der Waals surface area contributed by atoms with E-state index in [0.717, 1.165) is 13.0 Å². The Morgan fingerprint density at radius 3 is 2.65 bits per heavy atom. The zero-order valence-corrected chi connectivity index (χ0v) is 11.3. The summed E-state index contributed by atoms with van der Waals surface area (Å²) in [7, 11) is 0. The van der Waals surface area contributed by atoms with Gasteiger partial charge in [0.15, 0.2) is 0 Å². The van der Waals surface area contributed by atoms with Gasteiger partial charge in [-0.3, -0.25) is 9.59 Å². The number of rotatable bonds is 3. The van der Waals surface area contributed by atoms with Gasteiger partial charge < -0.3 is 14.5 Å². The molecule has 0 aromatic rings. The van der Waals surface area contributed by atoms with E-state index >= 15 is 0 Å². The first kappa shape index (κ1) is 12.8. The van der Waals surface area contributed by atoms with Crippen LogP contribution < -0.4 is 0 Å². The van der Waals surface area contributed by atoms with Gasteiger partial charge in [0.1, 0.15) is 0 Å². The number of nitrogens with zero attached hydrogens (tertiary/aromatic N) is 2. The van der Waals surface area contributed by atoms with E-state index in [4.69, 9.17) is 4.74 Å². The molecule has 2 heterocycles. The minimum Gasteiger partial charge on any atom is -0.378 e. The second-order valence-corrected chi connectivity index (χ2v) is 5.43. The molecule has 0 saturated carbocycles. The summed E-state index contributed by atoms with van der Waals surface area (Å²) < 4.78 is 5.19. The molecule has 2 amide bonds. The van der Waals surface area contributed by atoms with Gasteiger partial charge in [-0.15, -0.1) is 0 Å². The summed E-state index contributed by atoms with van der Waals surface area (Å²) in [6, 6.07) is 0. The van der Waals surface area contributed by atoms with Gasteiger partial charge >= 0.3 is 0 Å². The standard InChI is InChI=1S/C11H17BrN2O3/c12-9-1-3-14(11(9)16)4-2-10(15)13-5-7-17-8-6-13/h9H,1-8H2. The van der Waals surface area contributed by atoms with Crippen molar-refractivity contribution < 1.29 is 14.3 Å². The van der Waals surface area contributed by atoms with Crippen LogP contribution in [0.3, 0.4) is 0 Å². The Kier molecular flexibility index (Phi) is 4.39. The quantitative estimate of drug-likeness (QED) is 0.702. The molecule has 0 spiro atoms. The van der Waals surface area contributed by atoms with E-state index in [9.17, 15) is 9.59 Å². The number of carbonyl (C=O) groups excluding carboxylic acids is 2. The van der Waals surface area contributed by atoms with E-state index in [2.05, 4.69) is 15.9 Å². The Bertz CT molecular complexity index is 305. The van der Waals surface area contributed by atoms with Crippen LogP contribution in [-0.4, -0.2) is 65.8 Å². The van der Waals surface area contributed by atoms with Crippen LogP contribution >= 0.6 is 15.9 Å². The number of likely N-dealkylation sites (tertiary alicyclic amines) is 1. The first-order valence-electron chi connectivity index (χ1n) is 5.97. The molecule has 0 radical (unpaired) electrons. The van der Waals surface area contributed by atoms with E-state index < -0.39 is 0 Å². The third-order valence-electron chi connectivity index (χ3n) is 3.19. The number of hydrogen-bond acceptors (Lipinski definition) is 3. The maximum atomic E-state index is 11.9. The molecule has 2 rings (SSSR count). The van der Waals surface area contributed by atoms with Gasteiger partial charge in [-0.2, -0.15) is 0 Å². The van der Waals surface area contributed by atoms with Gasteiger partial charge in [-0.25, -0.2) is 0 Å². The van der Waals surface area contributed by atoms with Crippen LogP contribution in [0.1, 0.15) is 12.8 Å². The SMILES string of the molecule is O=C(CCN1CCC(Br)C1=O)N1CCOCC1. The first-order valence-corrected chi connectivity index (χ1v) is 6.88. The second kappa shape index (κ2) is 5.82. The molecule has 0 aliphatic carbocycles. The largest absolute Gasteiger partial charge is 0.378 e. The molecule has 0 N–H and O–H groups in total. The lowest BCUT2D eigenvalue weighted by atomic mass is 10.3. The monoisotopic (exact) mass is 304 g/mol. The average molecular weight is 305 g/mol. The smallest absolute Gasteiger partial charge is 0.236 e. The molecule has 17 heavy (non-hydrogen) atoms. The molecule has 1 unspecified atom stereocenters. The maximum Gasteiger partial charge on any atom is 0.236 e. The predicted molar refractivity (Wildman–Crippen MR) is 65.9 cm³/mol. The normalized spacial score (nSPS) is 25.5. The summed E-state index contributed by atoms with van der Waals surface area (Å²) in [4.78, 5) is 27.0. The molecular weight excluding hydrogens is 288 g/mol. The third kappa shape index (κ3) is 3.19. The Morgan fingerprint density at radius 2 is 2.06 bits per heavy atom. The predicted octanol–water partition coefficient (Wildman–Crippen LogP) is 0.231. The minimum absolute atomic E-state index is 0.0546. The first-order chi connectivity index (χ1) is 8.18. The lowest BCUT2D eigenvalue weighted by Crippen LogP contribution is -2.42. The molecule has 2 aliphatic heterocycles. The van der Waals surface area contributed by atoms with Crippen molar-refractivity contribution in [3.05, 3.63) is 0 Å². The van der Waals surface area contributed by atoms with Gasteiger partial charge in [0.2, 0.25) is 11.8 Å². The molecule has 0 bridgehead atoms. The highest BCUT2D eigenvalue weighted by molar-refractivity contribution is 9.10. The molecule has 2 fully saturated rings. The lowest BCUT2D eigenvalue weighted by molar-refractivity contribution is -0.136. The number of amides is 2. The maximum absolute atomic E-state index is 11.9. The summed E-state index contributed by atoms with van der Waals surface area (Å²) in [6.07, 6.45) is 1.26. The fraction of sp³-hybridized carbons (Fsp3) is 0.818. The average Bonchev–Trinajstić information content (AvgIpc) is 2.68. The fourth-order valence-corrected chi connectivity index (χ4v) is 2.62. The van der Waals surface area contributed by atoms with E-state index in [1.807, 2.05) is 4.90 Å². The number of morpholine rings is 1. The molecule has 0 aromatic heterocycles. The Labute approximate surface area is 109 Å². The highest BCUT2D eigenvalue weighted by atomic mass is 79.9. The molecule has 96 valence electrons. The minimum atomic E-state index is -0.0546. The Balaban J connectivity index is 1.74. The van der Waals surface area contributed by atoms with Gasteiger partial charge in [0.05, 0.1) is 18.0 Å². The highest BCUT2D eigenvalue weighted by Gasteiger charge is 2.29. The van der Waals surface area contributed by atoms with E-state index in [0.29, 0.717) is 39.3 Å². The van der Waals surface area contributed by atoms with Crippen molar-refractivity contribution in [2.75, 3.05) is 39.4 Å². The molecule has 6 heteroatoms. The molecule has 2 aliphatic rings. The number of ether oxygens (including phenoxy) is 1. The zero-order chi connectivity index (χ0) is 12.3. The fourth-order valence-electron chi connectivity index (χ4n) is 2.12. The molecular formula is C11H17BrN2O3. The Morgan fingerprint density at radius 1 is 1.35 bits per heavy atom. The van der Waals surface area contributed by atoms with Crippen LogP contribution in [0.5, 0.6) is 0 Å². The van der Waals surface area contributed by atoms with Crippen LogP contribution in [0.15, 0.2) is 0 Å². The summed E-state index contributed by atoms with van der Waals surface area (Å²) in [6.45, 7) is 3.89. The highest BCUT2D eigenvalue weighted by Crippen LogP contribution is 2.18. The molecule has 5 nitrogen and oxygen atoms in total. The van der Waals surface area contributed by atoms with Gasteiger partial charge in [-0.1, -0.05) is 15.9 Å². The summed E-state index contributed by atoms with van der Waals surface area (Å²) >= 11 is 3.32. The molecule has 0 aromatic carbocycles. The van der Waals surface area contributed by atoms with Crippen LogP contribution in [-0.2, 0) is 14.3 Å². The number of halogens is 1. The molecule has 2 saturated heterocycles. The van der Waals surface area contributed by atoms with E-state index in [1.165, 1.54) is 0 Å². The van der Waals surface area contributed by atoms with Crippen LogP contribution in [0.2, 0.25) is 0 Å². The van der Waals surface area contributed by atoms with E-state index in [-0.39, 0.29) is 16.6 Å². The van der Waals surface area contributed by atoms with Gasteiger partial charge in [0, 0.05) is 32.6 Å². The van der Waals surface area contributed by atoms with Crippen molar-refractivity contribution in [2.24, 2.45) is 0 Å². The molecule has 1 atom stereocenters. The van der Waals surface area contributed by atoms with Crippen molar-refractivity contribution in [3.63, 3.8) is 0 Å². The van der Waals surface area contributed by atoms with E-state index in [1.54, 1.807) is 4.90 Å².